The van der Waals surface area contributed by atoms with Crippen LogP contribution in [0.1, 0.15) is 36.0 Å². The van der Waals surface area contributed by atoms with Crippen LogP contribution in [0.4, 0.5) is 0 Å². The van der Waals surface area contributed by atoms with Crippen molar-refractivity contribution in [2.24, 2.45) is 0 Å². The van der Waals surface area contributed by atoms with Crippen molar-refractivity contribution in [2.45, 2.75) is 42.7 Å². The highest BCUT2D eigenvalue weighted by molar-refractivity contribution is 7.90. The van der Waals surface area contributed by atoms with Crippen LogP contribution in [-0.2, 0) is 9.84 Å². The molecule has 0 bridgehead atoms. The topological polar surface area (TPSA) is 66.5 Å². The molecule has 0 radical (unpaired) electrons. The van der Waals surface area contributed by atoms with Crippen molar-refractivity contribution >= 4 is 15.7 Å². The molecule has 1 aromatic rings. The van der Waals surface area contributed by atoms with Gasteiger partial charge in [-0.2, -0.15) is 0 Å². The van der Waals surface area contributed by atoms with E-state index >= 15 is 0 Å². The molecule has 0 saturated carbocycles. The molecule has 6 heteroatoms. The maximum atomic E-state index is 12.4. The molecular weight excluding hydrogens is 300 g/mol. The van der Waals surface area contributed by atoms with Gasteiger partial charge in [0.05, 0.1) is 4.90 Å². The van der Waals surface area contributed by atoms with Crippen LogP contribution < -0.4 is 5.32 Å². The second-order valence-corrected chi connectivity index (χ2v) is 8.28. The van der Waals surface area contributed by atoms with Gasteiger partial charge in [0.25, 0.3) is 5.91 Å². The Kier molecular flexibility index (Phi) is 4.23. The van der Waals surface area contributed by atoms with Gasteiger partial charge in [0.1, 0.15) is 0 Å². The molecule has 3 rings (SSSR count). The van der Waals surface area contributed by atoms with E-state index < -0.39 is 9.84 Å². The van der Waals surface area contributed by atoms with Gasteiger partial charge in [0, 0.05) is 30.4 Å². The molecule has 0 spiro atoms. The Morgan fingerprint density at radius 1 is 1.14 bits per heavy atom. The molecule has 2 fully saturated rings. The van der Waals surface area contributed by atoms with Crippen molar-refractivity contribution in [2.75, 3.05) is 19.3 Å². The van der Waals surface area contributed by atoms with E-state index in [9.17, 15) is 13.2 Å². The predicted octanol–water partition coefficient (Wildman–Crippen LogP) is 1.45. The van der Waals surface area contributed by atoms with Crippen LogP contribution in [0.5, 0.6) is 0 Å². The van der Waals surface area contributed by atoms with E-state index in [1.165, 1.54) is 25.0 Å². The molecule has 120 valence electrons. The van der Waals surface area contributed by atoms with E-state index in [1.807, 2.05) is 0 Å². The third-order valence-electron chi connectivity index (χ3n) is 4.72. The number of carbonyl (C=O) groups is 1. The van der Waals surface area contributed by atoms with Crippen molar-refractivity contribution < 1.29 is 13.2 Å². The highest BCUT2D eigenvalue weighted by Gasteiger charge is 2.36. The first kappa shape index (κ1) is 15.5. The Bertz CT molecular complexity index is 654. The number of nitrogens with zero attached hydrogens (tertiary/aromatic N) is 1. The molecule has 2 atom stereocenters. The lowest BCUT2D eigenvalue weighted by atomic mass is 9.99. The third kappa shape index (κ3) is 3.17. The summed E-state index contributed by atoms with van der Waals surface area (Å²) in [5.41, 5.74) is 0.515. The van der Waals surface area contributed by atoms with Gasteiger partial charge in [-0.15, -0.1) is 0 Å². The lowest BCUT2D eigenvalue weighted by Gasteiger charge is -2.32. The Hall–Kier alpha value is -1.40. The molecule has 1 N–H and O–H groups in total. The van der Waals surface area contributed by atoms with Gasteiger partial charge in [-0.05, 0) is 50.1 Å². The molecule has 2 aliphatic rings. The normalized spacial score (nSPS) is 25.7. The zero-order valence-corrected chi connectivity index (χ0v) is 13.6. The van der Waals surface area contributed by atoms with Crippen LogP contribution in [0.25, 0.3) is 0 Å². The summed E-state index contributed by atoms with van der Waals surface area (Å²) in [6.07, 6.45) is 5.80. The molecule has 0 unspecified atom stereocenters. The molecule has 1 amide bonds. The van der Waals surface area contributed by atoms with Gasteiger partial charge < -0.3 is 5.32 Å². The summed E-state index contributed by atoms with van der Waals surface area (Å²) < 4.78 is 22.9. The van der Waals surface area contributed by atoms with Gasteiger partial charge in [0.2, 0.25) is 0 Å². The lowest BCUT2D eigenvalue weighted by molar-refractivity contribution is 0.0915. The Morgan fingerprint density at radius 3 is 2.55 bits per heavy atom. The van der Waals surface area contributed by atoms with Crippen molar-refractivity contribution in [3.63, 3.8) is 0 Å². The quantitative estimate of drug-likeness (QED) is 0.914. The van der Waals surface area contributed by atoms with Crippen LogP contribution in [0.15, 0.2) is 29.2 Å². The molecular formula is C16H22N2O3S. The number of sulfone groups is 1. The molecule has 2 aliphatic heterocycles. The van der Waals surface area contributed by atoms with Crippen LogP contribution in [0.2, 0.25) is 0 Å². The number of carbonyl (C=O) groups excluding carboxylic acids is 1. The fraction of sp³-hybridized carbons (Fsp3) is 0.562. The Balaban J connectivity index is 1.67. The Morgan fingerprint density at radius 2 is 1.86 bits per heavy atom. The average Bonchev–Trinajstić information content (AvgIpc) is 2.90. The zero-order chi connectivity index (χ0) is 15.7. The predicted molar refractivity (Wildman–Crippen MR) is 84.6 cm³/mol. The number of hydrogen-bond acceptors (Lipinski definition) is 4. The molecule has 2 heterocycles. The maximum Gasteiger partial charge on any atom is 0.251 e. The second kappa shape index (κ2) is 6.01. The first-order valence-corrected chi connectivity index (χ1v) is 9.69. The third-order valence-corrected chi connectivity index (χ3v) is 5.85. The maximum absolute atomic E-state index is 12.4. The van der Waals surface area contributed by atoms with E-state index in [1.54, 1.807) is 12.1 Å². The minimum Gasteiger partial charge on any atom is -0.348 e. The summed E-state index contributed by atoms with van der Waals surface area (Å²) in [5.74, 6) is -0.113. The van der Waals surface area contributed by atoms with Crippen molar-refractivity contribution in [1.29, 1.82) is 0 Å². The van der Waals surface area contributed by atoms with Crippen LogP contribution in [-0.4, -0.2) is 50.7 Å². The summed E-state index contributed by atoms with van der Waals surface area (Å²) in [6, 6.07) is 6.83. The summed E-state index contributed by atoms with van der Waals surface area (Å²) in [4.78, 5) is 15.1. The van der Waals surface area contributed by atoms with Crippen LogP contribution in [0.3, 0.4) is 0 Å². The van der Waals surface area contributed by atoms with E-state index in [0.29, 0.717) is 11.6 Å². The first-order chi connectivity index (χ1) is 10.4. The minimum absolute atomic E-state index is 0.113. The summed E-state index contributed by atoms with van der Waals surface area (Å²) in [7, 11) is -3.22. The number of rotatable bonds is 3. The summed E-state index contributed by atoms with van der Waals surface area (Å²) >= 11 is 0. The second-order valence-electron chi connectivity index (χ2n) is 6.26. The standard InChI is InChI=1S/C16H22N2O3S/c1-22(20,21)13-7-5-12(6-8-13)16(19)17-14-9-11-18-10-3-2-4-15(14)18/h5-8,14-15H,2-4,9-11H2,1H3,(H,17,19)/t14-,15+/m0/s1. The van der Waals surface area contributed by atoms with Gasteiger partial charge in [-0.1, -0.05) is 6.42 Å². The average molecular weight is 322 g/mol. The van der Waals surface area contributed by atoms with Crippen LogP contribution >= 0.6 is 0 Å². The van der Waals surface area contributed by atoms with Crippen molar-refractivity contribution in [3.05, 3.63) is 29.8 Å². The number of piperidine rings is 1. The van der Waals surface area contributed by atoms with E-state index in [0.717, 1.165) is 32.2 Å². The number of amides is 1. The minimum atomic E-state index is -3.22. The van der Waals surface area contributed by atoms with E-state index in [-0.39, 0.29) is 16.8 Å². The van der Waals surface area contributed by atoms with Gasteiger partial charge in [-0.25, -0.2) is 8.42 Å². The Labute approximate surface area is 131 Å². The van der Waals surface area contributed by atoms with E-state index in [2.05, 4.69) is 10.2 Å². The van der Waals surface area contributed by atoms with Crippen LogP contribution in [0, 0.1) is 0 Å². The van der Waals surface area contributed by atoms with Gasteiger partial charge in [0.15, 0.2) is 9.84 Å². The number of hydrogen-bond donors (Lipinski definition) is 1. The van der Waals surface area contributed by atoms with Crippen molar-refractivity contribution in [3.8, 4) is 0 Å². The zero-order valence-electron chi connectivity index (χ0n) is 12.8. The number of nitrogens with one attached hydrogen (secondary N) is 1. The fourth-order valence-electron chi connectivity index (χ4n) is 3.52. The smallest absolute Gasteiger partial charge is 0.251 e. The fourth-order valence-corrected chi connectivity index (χ4v) is 4.15. The largest absolute Gasteiger partial charge is 0.348 e. The molecule has 0 aromatic heterocycles. The number of fused-ring (bicyclic) bond motifs is 1. The molecule has 0 aliphatic carbocycles. The van der Waals surface area contributed by atoms with Gasteiger partial charge in [-0.3, -0.25) is 9.69 Å². The highest BCUT2D eigenvalue weighted by atomic mass is 32.2. The monoisotopic (exact) mass is 322 g/mol. The molecule has 2 saturated heterocycles. The van der Waals surface area contributed by atoms with Crippen molar-refractivity contribution in [1.82, 2.24) is 10.2 Å². The lowest BCUT2D eigenvalue weighted by Crippen LogP contribution is -2.46. The highest BCUT2D eigenvalue weighted by Crippen LogP contribution is 2.27. The molecule has 22 heavy (non-hydrogen) atoms. The first-order valence-electron chi connectivity index (χ1n) is 7.80. The summed E-state index contributed by atoms with van der Waals surface area (Å²) in [6.45, 7) is 2.20. The summed E-state index contributed by atoms with van der Waals surface area (Å²) in [5, 5.41) is 3.12. The number of benzene rings is 1. The molecule has 1 aromatic carbocycles. The SMILES string of the molecule is CS(=O)(=O)c1ccc(C(=O)N[C@H]2CCN3CCCC[C@H]23)cc1. The molecule has 5 nitrogen and oxygen atoms in total. The van der Waals surface area contributed by atoms with E-state index in [4.69, 9.17) is 0 Å². The van der Waals surface area contributed by atoms with Gasteiger partial charge >= 0.3 is 0 Å².